The Hall–Kier alpha value is -3.07. The van der Waals surface area contributed by atoms with Crippen molar-refractivity contribution >= 4 is 33.2 Å². The number of ether oxygens (including phenoxy) is 1. The van der Waals surface area contributed by atoms with Crippen LogP contribution in [0.5, 0.6) is 5.75 Å². The molecule has 0 unspecified atom stereocenters. The van der Waals surface area contributed by atoms with Crippen LogP contribution in [0.3, 0.4) is 0 Å². The van der Waals surface area contributed by atoms with E-state index in [-0.39, 0.29) is 12.0 Å². The number of anilines is 2. The lowest BCUT2D eigenvalue weighted by atomic mass is 10.1. The van der Waals surface area contributed by atoms with E-state index < -0.39 is 21.7 Å². The maximum absolute atomic E-state index is 12.3. The molecule has 0 saturated heterocycles. The number of rotatable bonds is 8. The molecule has 2 rings (SSSR count). The molecule has 8 nitrogen and oxygen atoms in total. The highest BCUT2D eigenvalue weighted by Crippen LogP contribution is 2.20. The Bertz CT molecular complexity index is 986. The summed E-state index contributed by atoms with van der Waals surface area (Å²) in [7, 11) is -2.41. The molecule has 9 heteroatoms. The molecule has 0 aliphatic heterocycles. The SMILES string of the molecule is CNC(=O)c1cccc(NC(=O)CS(=O)(=O)Nc2ccc(OC(C)C)cc2)c1C. The summed E-state index contributed by atoms with van der Waals surface area (Å²) in [6.45, 7) is 5.45. The monoisotopic (exact) mass is 419 g/mol. The van der Waals surface area contributed by atoms with Gasteiger partial charge in [-0.05, 0) is 62.7 Å². The van der Waals surface area contributed by atoms with Crippen LogP contribution in [0.25, 0.3) is 0 Å². The Morgan fingerprint density at radius 2 is 1.72 bits per heavy atom. The van der Waals surface area contributed by atoms with Crippen molar-refractivity contribution in [1.29, 1.82) is 0 Å². The zero-order chi connectivity index (χ0) is 21.6. The van der Waals surface area contributed by atoms with Crippen LogP contribution in [-0.4, -0.2) is 39.1 Å². The second kappa shape index (κ2) is 9.42. The van der Waals surface area contributed by atoms with E-state index in [1.165, 1.54) is 7.05 Å². The summed E-state index contributed by atoms with van der Waals surface area (Å²) >= 11 is 0. The number of amides is 2. The lowest BCUT2D eigenvalue weighted by Crippen LogP contribution is -2.28. The van der Waals surface area contributed by atoms with Gasteiger partial charge in [0.05, 0.1) is 6.10 Å². The van der Waals surface area contributed by atoms with Gasteiger partial charge in [0.2, 0.25) is 15.9 Å². The summed E-state index contributed by atoms with van der Waals surface area (Å²) in [6.07, 6.45) is 0.00611. The van der Waals surface area contributed by atoms with Crippen LogP contribution in [-0.2, 0) is 14.8 Å². The van der Waals surface area contributed by atoms with E-state index in [4.69, 9.17) is 4.74 Å². The minimum absolute atomic E-state index is 0.00611. The molecule has 2 amide bonds. The highest BCUT2D eigenvalue weighted by atomic mass is 32.2. The van der Waals surface area contributed by atoms with Gasteiger partial charge in [-0.2, -0.15) is 0 Å². The fraction of sp³-hybridized carbons (Fsp3) is 0.300. The van der Waals surface area contributed by atoms with Gasteiger partial charge in [-0.3, -0.25) is 14.3 Å². The van der Waals surface area contributed by atoms with Crippen molar-refractivity contribution in [2.24, 2.45) is 0 Å². The van der Waals surface area contributed by atoms with Crippen molar-refractivity contribution in [3.05, 3.63) is 53.6 Å². The summed E-state index contributed by atoms with van der Waals surface area (Å²) in [4.78, 5) is 24.1. The first-order valence-corrected chi connectivity index (χ1v) is 10.7. The van der Waals surface area contributed by atoms with E-state index in [2.05, 4.69) is 15.4 Å². The largest absolute Gasteiger partial charge is 0.491 e. The van der Waals surface area contributed by atoms with Gasteiger partial charge in [0.15, 0.2) is 0 Å². The van der Waals surface area contributed by atoms with Crippen molar-refractivity contribution in [2.45, 2.75) is 26.9 Å². The maximum atomic E-state index is 12.3. The molecule has 0 atom stereocenters. The van der Waals surface area contributed by atoms with Crippen LogP contribution in [0.1, 0.15) is 29.8 Å². The number of benzene rings is 2. The number of carbonyl (C=O) groups is 2. The van der Waals surface area contributed by atoms with Gasteiger partial charge < -0.3 is 15.4 Å². The summed E-state index contributed by atoms with van der Waals surface area (Å²) in [6, 6.07) is 11.2. The van der Waals surface area contributed by atoms with Crippen molar-refractivity contribution in [3.63, 3.8) is 0 Å². The number of carbonyl (C=O) groups excluding carboxylic acids is 2. The molecular formula is C20H25N3O5S. The normalized spacial score (nSPS) is 11.1. The lowest BCUT2D eigenvalue weighted by Gasteiger charge is -2.13. The number of hydrogen-bond acceptors (Lipinski definition) is 5. The van der Waals surface area contributed by atoms with E-state index >= 15 is 0 Å². The van der Waals surface area contributed by atoms with Crippen molar-refractivity contribution in [3.8, 4) is 5.75 Å². The number of hydrogen-bond donors (Lipinski definition) is 3. The highest BCUT2D eigenvalue weighted by molar-refractivity contribution is 7.93. The average molecular weight is 420 g/mol. The van der Waals surface area contributed by atoms with Crippen LogP contribution in [0.4, 0.5) is 11.4 Å². The summed E-state index contributed by atoms with van der Waals surface area (Å²) in [5, 5.41) is 5.06. The molecule has 0 aliphatic carbocycles. The van der Waals surface area contributed by atoms with Gasteiger partial charge >= 0.3 is 0 Å². The molecule has 0 bridgehead atoms. The van der Waals surface area contributed by atoms with E-state index in [0.717, 1.165) is 0 Å². The maximum Gasteiger partial charge on any atom is 0.251 e. The van der Waals surface area contributed by atoms with Crippen LogP contribution in [0.2, 0.25) is 0 Å². The molecule has 0 saturated carbocycles. The van der Waals surface area contributed by atoms with E-state index in [9.17, 15) is 18.0 Å². The first kappa shape index (κ1) is 22.2. The van der Waals surface area contributed by atoms with E-state index in [1.807, 2.05) is 13.8 Å². The zero-order valence-electron chi connectivity index (χ0n) is 16.8. The smallest absolute Gasteiger partial charge is 0.251 e. The molecule has 0 radical (unpaired) electrons. The van der Waals surface area contributed by atoms with Gasteiger partial charge in [-0.15, -0.1) is 0 Å². The topological polar surface area (TPSA) is 114 Å². The summed E-state index contributed by atoms with van der Waals surface area (Å²) in [5.41, 5.74) is 1.65. The Kier molecular flexibility index (Phi) is 7.22. The third-order valence-corrected chi connectivity index (χ3v) is 5.09. The molecule has 0 heterocycles. The predicted octanol–water partition coefficient (Wildman–Crippen LogP) is 2.52. The lowest BCUT2D eigenvalue weighted by molar-refractivity contribution is -0.113. The molecule has 2 aromatic carbocycles. The second-order valence-electron chi connectivity index (χ2n) is 6.66. The standard InChI is InChI=1S/C20H25N3O5S/c1-13(2)28-16-10-8-15(9-11-16)23-29(26,27)12-19(24)22-18-7-5-6-17(14(18)3)20(25)21-4/h5-11,13,23H,12H2,1-4H3,(H,21,25)(H,22,24). The quantitative estimate of drug-likeness (QED) is 0.608. The first-order valence-electron chi connectivity index (χ1n) is 9.00. The average Bonchev–Trinajstić information content (AvgIpc) is 2.63. The predicted molar refractivity (Wildman–Crippen MR) is 113 cm³/mol. The first-order chi connectivity index (χ1) is 13.6. The Balaban J connectivity index is 2.03. The van der Waals surface area contributed by atoms with Crippen molar-refractivity contribution in [2.75, 3.05) is 22.8 Å². The summed E-state index contributed by atoms with van der Waals surface area (Å²) < 4.78 is 32.5. The molecule has 3 N–H and O–H groups in total. The number of nitrogens with one attached hydrogen (secondary N) is 3. The van der Waals surface area contributed by atoms with Gasteiger partial charge in [0.1, 0.15) is 11.5 Å². The fourth-order valence-electron chi connectivity index (χ4n) is 2.60. The Morgan fingerprint density at radius 3 is 2.31 bits per heavy atom. The minimum Gasteiger partial charge on any atom is -0.491 e. The van der Waals surface area contributed by atoms with Crippen molar-refractivity contribution < 1.29 is 22.7 Å². The molecule has 29 heavy (non-hydrogen) atoms. The van der Waals surface area contributed by atoms with Gasteiger partial charge in [-0.25, -0.2) is 8.42 Å². The molecule has 0 aliphatic rings. The fourth-order valence-corrected chi connectivity index (χ4v) is 3.58. The number of sulfonamides is 1. The highest BCUT2D eigenvalue weighted by Gasteiger charge is 2.18. The molecule has 2 aromatic rings. The molecule has 0 spiro atoms. The van der Waals surface area contributed by atoms with Crippen LogP contribution >= 0.6 is 0 Å². The third-order valence-electron chi connectivity index (χ3n) is 3.90. The molecular weight excluding hydrogens is 394 g/mol. The van der Waals surface area contributed by atoms with E-state index in [0.29, 0.717) is 28.3 Å². The van der Waals surface area contributed by atoms with Gasteiger partial charge in [0.25, 0.3) is 5.91 Å². The Morgan fingerprint density at radius 1 is 1.07 bits per heavy atom. The van der Waals surface area contributed by atoms with Crippen LogP contribution in [0, 0.1) is 6.92 Å². The van der Waals surface area contributed by atoms with Crippen LogP contribution < -0.4 is 20.1 Å². The van der Waals surface area contributed by atoms with E-state index in [1.54, 1.807) is 49.4 Å². The van der Waals surface area contributed by atoms with Gasteiger partial charge in [0, 0.05) is 24.0 Å². The Labute approximate surface area is 170 Å². The van der Waals surface area contributed by atoms with Gasteiger partial charge in [-0.1, -0.05) is 6.07 Å². The third kappa shape index (κ3) is 6.49. The van der Waals surface area contributed by atoms with Crippen molar-refractivity contribution in [1.82, 2.24) is 5.32 Å². The summed E-state index contributed by atoms with van der Waals surface area (Å²) in [5.74, 6) is -1.15. The molecule has 0 fully saturated rings. The molecule has 0 aromatic heterocycles. The molecule has 156 valence electrons. The van der Waals surface area contributed by atoms with Crippen LogP contribution in [0.15, 0.2) is 42.5 Å². The zero-order valence-corrected chi connectivity index (χ0v) is 17.6. The second-order valence-corrected chi connectivity index (χ2v) is 8.38. The minimum atomic E-state index is -3.92.